The number of para-hydroxylation sites is 2. The minimum absolute atomic E-state index is 0.108. The summed E-state index contributed by atoms with van der Waals surface area (Å²) in [6.07, 6.45) is 0.201. The molecule has 156 valence electrons. The summed E-state index contributed by atoms with van der Waals surface area (Å²) in [5, 5.41) is 2.77. The molecule has 0 heterocycles. The molecule has 3 aromatic rings. The summed E-state index contributed by atoms with van der Waals surface area (Å²) < 4.78 is 33.6. The zero-order valence-electron chi connectivity index (χ0n) is 16.8. The number of nitrogens with one attached hydrogen (secondary N) is 2. The lowest BCUT2D eigenvalue weighted by Gasteiger charge is -2.19. The van der Waals surface area contributed by atoms with Gasteiger partial charge in [-0.1, -0.05) is 60.2 Å². The van der Waals surface area contributed by atoms with Crippen LogP contribution in [0.3, 0.4) is 0 Å². The van der Waals surface area contributed by atoms with Gasteiger partial charge in [0.2, 0.25) is 15.9 Å². The highest BCUT2D eigenvalue weighted by Gasteiger charge is 2.26. The van der Waals surface area contributed by atoms with E-state index >= 15 is 0 Å². The monoisotopic (exact) mass is 424 g/mol. The fraction of sp³-hybridized carbons (Fsp3) is 0.174. The van der Waals surface area contributed by atoms with Gasteiger partial charge in [0.1, 0.15) is 11.8 Å². The zero-order chi connectivity index (χ0) is 21.6. The van der Waals surface area contributed by atoms with Crippen LogP contribution in [-0.4, -0.2) is 27.5 Å². The number of methoxy groups -OCH3 is 1. The van der Waals surface area contributed by atoms with E-state index in [-0.39, 0.29) is 11.3 Å². The average molecular weight is 425 g/mol. The third kappa shape index (κ3) is 5.46. The molecule has 0 aliphatic heterocycles. The number of rotatable bonds is 8. The van der Waals surface area contributed by atoms with Gasteiger partial charge in [-0.2, -0.15) is 4.72 Å². The minimum atomic E-state index is -3.89. The molecule has 2 N–H and O–H groups in total. The predicted molar refractivity (Wildman–Crippen MR) is 117 cm³/mol. The first-order valence-electron chi connectivity index (χ1n) is 9.46. The highest BCUT2D eigenvalue weighted by atomic mass is 32.2. The number of benzene rings is 3. The van der Waals surface area contributed by atoms with Crippen molar-refractivity contribution >= 4 is 21.6 Å². The van der Waals surface area contributed by atoms with Crippen LogP contribution in [0.2, 0.25) is 0 Å². The molecule has 0 spiro atoms. The van der Waals surface area contributed by atoms with E-state index in [2.05, 4.69) is 10.0 Å². The summed E-state index contributed by atoms with van der Waals surface area (Å²) in [5.41, 5.74) is 2.26. The molecular weight excluding hydrogens is 400 g/mol. The van der Waals surface area contributed by atoms with Crippen molar-refractivity contribution in [3.8, 4) is 5.75 Å². The number of aryl methyl sites for hydroxylation is 1. The van der Waals surface area contributed by atoms with Crippen molar-refractivity contribution in [3.63, 3.8) is 0 Å². The Balaban J connectivity index is 1.88. The van der Waals surface area contributed by atoms with Gasteiger partial charge in [-0.25, -0.2) is 8.42 Å². The Labute approximate surface area is 177 Å². The van der Waals surface area contributed by atoms with E-state index in [1.165, 1.54) is 19.2 Å². The van der Waals surface area contributed by atoms with Crippen molar-refractivity contribution in [1.29, 1.82) is 0 Å². The van der Waals surface area contributed by atoms with Crippen LogP contribution in [-0.2, 0) is 21.2 Å². The number of sulfonamides is 1. The predicted octanol–water partition coefficient (Wildman–Crippen LogP) is 3.53. The van der Waals surface area contributed by atoms with Gasteiger partial charge in [-0.15, -0.1) is 0 Å². The summed E-state index contributed by atoms with van der Waals surface area (Å²) in [6, 6.07) is 21.7. The molecule has 0 saturated carbocycles. The van der Waals surface area contributed by atoms with E-state index in [9.17, 15) is 13.2 Å². The van der Waals surface area contributed by atoms with Gasteiger partial charge in [0, 0.05) is 0 Å². The molecule has 30 heavy (non-hydrogen) atoms. The molecule has 6 nitrogen and oxygen atoms in total. The second-order valence-corrected chi connectivity index (χ2v) is 8.58. The Morgan fingerprint density at radius 1 is 0.933 bits per heavy atom. The fourth-order valence-corrected chi connectivity index (χ4v) is 4.17. The fourth-order valence-electron chi connectivity index (χ4n) is 2.98. The summed E-state index contributed by atoms with van der Waals surface area (Å²) in [4.78, 5) is 13.2. The molecule has 3 aromatic carbocycles. The summed E-state index contributed by atoms with van der Waals surface area (Å²) in [6.45, 7) is 1.88. The number of ether oxygens (including phenoxy) is 1. The van der Waals surface area contributed by atoms with Crippen molar-refractivity contribution in [1.82, 2.24) is 4.72 Å². The number of amides is 1. The Morgan fingerprint density at radius 2 is 1.57 bits per heavy atom. The first-order chi connectivity index (χ1) is 14.4. The molecule has 0 unspecified atom stereocenters. The maximum atomic E-state index is 13.1. The first-order valence-corrected chi connectivity index (χ1v) is 10.9. The summed E-state index contributed by atoms with van der Waals surface area (Å²) in [5.74, 6) is 0.0183. The second-order valence-electron chi connectivity index (χ2n) is 6.87. The largest absolute Gasteiger partial charge is 0.495 e. The van der Waals surface area contributed by atoms with E-state index in [0.717, 1.165) is 11.1 Å². The molecule has 1 amide bonds. The van der Waals surface area contributed by atoms with Crippen LogP contribution in [0.1, 0.15) is 11.1 Å². The lowest BCUT2D eigenvalue weighted by Crippen LogP contribution is -2.45. The lowest BCUT2D eigenvalue weighted by molar-refractivity contribution is -0.117. The topological polar surface area (TPSA) is 84.5 Å². The molecule has 0 aliphatic rings. The van der Waals surface area contributed by atoms with Crippen molar-refractivity contribution in [2.75, 3.05) is 12.4 Å². The highest BCUT2D eigenvalue weighted by molar-refractivity contribution is 7.89. The maximum Gasteiger partial charge on any atom is 0.243 e. The van der Waals surface area contributed by atoms with Gasteiger partial charge in [-0.3, -0.25) is 4.79 Å². The molecule has 7 heteroatoms. The van der Waals surface area contributed by atoms with Crippen LogP contribution in [0.15, 0.2) is 83.8 Å². The second kappa shape index (κ2) is 9.56. The average Bonchev–Trinajstić information content (AvgIpc) is 2.74. The number of carbonyl (C=O) groups excluding carboxylic acids is 1. The molecular formula is C23H24N2O4S. The van der Waals surface area contributed by atoms with Crippen LogP contribution in [0, 0.1) is 6.92 Å². The van der Waals surface area contributed by atoms with E-state index in [0.29, 0.717) is 11.4 Å². The molecule has 0 fully saturated rings. The lowest BCUT2D eigenvalue weighted by atomic mass is 10.1. The van der Waals surface area contributed by atoms with E-state index in [4.69, 9.17) is 4.74 Å². The smallest absolute Gasteiger partial charge is 0.243 e. The van der Waals surface area contributed by atoms with Gasteiger partial charge in [0.15, 0.2) is 0 Å². The highest BCUT2D eigenvalue weighted by Crippen LogP contribution is 2.23. The van der Waals surface area contributed by atoms with Crippen molar-refractivity contribution in [2.45, 2.75) is 24.3 Å². The third-order valence-corrected chi connectivity index (χ3v) is 6.08. The Hall–Kier alpha value is -3.16. The van der Waals surface area contributed by atoms with E-state index < -0.39 is 22.0 Å². The molecule has 1 atom stereocenters. The normalized spacial score (nSPS) is 12.2. The van der Waals surface area contributed by atoms with E-state index in [1.807, 2.05) is 37.3 Å². The Morgan fingerprint density at radius 3 is 2.23 bits per heavy atom. The minimum Gasteiger partial charge on any atom is -0.495 e. The molecule has 3 rings (SSSR count). The zero-order valence-corrected chi connectivity index (χ0v) is 17.6. The van der Waals surface area contributed by atoms with Crippen LogP contribution in [0.25, 0.3) is 0 Å². The summed E-state index contributed by atoms with van der Waals surface area (Å²) >= 11 is 0. The first kappa shape index (κ1) is 21.5. The van der Waals surface area contributed by atoms with Crippen LogP contribution < -0.4 is 14.8 Å². The van der Waals surface area contributed by atoms with Gasteiger partial charge in [-0.05, 0) is 43.2 Å². The number of anilines is 1. The number of hydrogen-bond donors (Lipinski definition) is 2. The number of hydrogen-bond acceptors (Lipinski definition) is 4. The number of carbonyl (C=O) groups is 1. The summed E-state index contributed by atoms with van der Waals surface area (Å²) in [7, 11) is -2.38. The Kier molecular flexibility index (Phi) is 6.87. The van der Waals surface area contributed by atoms with Gasteiger partial charge in [0.25, 0.3) is 0 Å². The standard InChI is InChI=1S/C23H24N2O4S/c1-17-12-14-19(15-13-17)30(27,28)25-21(16-18-8-4-3-5-9-18)23(26)24-20-10-6-7-11-22(20)29-2/h3-15,21,25H,16H2,1-2H3,(H,24,26)/t21-/m0/s1. The molecule has 0 radical (unpaired) electrons. The van der Waals surface area contributed by atoms with Crippen LogP contribution in [0.4, 0.5) is 5.69 Å². The molecule has 0 aromatic heterocycles. The Bertz CT molecular complexity index is 1100. The van der Waals surface area contributed by atoms with Gasteiger partial charge in [0.05, 0.1) is 17.7 Å². The van der Waals surface area contributed by atoms with Crippen molar-refractivity contribution in [3.05, 3.63) is 90.0 Å². The van der Waals surface area contributed by atoms with Crippen molar-refractivity contribution in [2.24, 2.45) is 0 Å². The van der Waals surface area contributed by atoms with Crippen LogP contribution >= 0.6 is 0 Å². The third-order valence-electron chi connectivity index (χ3n) is 4.59. The molecule has 0 bridgehead atoms. The molecule has 0 aliphatic carbocycles. The van der Waals surface area contributed by atoms with E-state index in [1.54, 1.807) is 36.4 Å². The molecule has 0 saturated heterocycles. The maximum absolute atomic E-state index is 13.1. The van der Waals surface area contributed by atoms with Gasteiger partial charge >= 0.3 is 0 Å². The quantitative estimate of drug-likeness (QED) is 0.579. The van der Waals surface area contributed by atoms with Gasteiger partial charge < -0.3 is 10.1 Å². The SMILES string of the molecule is COc1ccccc1NC(=O)[C@H](Cc1ccccc1)NS(=O)(=O)c1ccc(C)cc1. The van der Waals surface area contributed by atoms with Crippen molar-refractivity contribution < 1.29 is 17.9 Å². The van der Waals surface area contributed by atoms with Crippen LogP contribution in [0.5, 0.6) is 5.75 Å².